The summed E-state index contributed by atoms with van der Waals surface area (Å²) in [6, 6.07) is 10.0. The second-order valence-electron chi connectivity index (χ2n) is 5.84. The van der Waals surface area contributed by atoms with Crippen molar-refractivity contribution in [1.82, 2.24) is 14.5 Å². The van der Waals surface area contributed by atoms with E-state index in [1.54, 1.807) is 0 Å². The lowest BCUT2D eigenvalue weighted by atomic mass is 10.1. The Morgan fingerprint density at radius 2 is 1.78 bits per heavy atom. The van der Waals surface area contributed by atoms with Crippen molar-refractivity contribution in [3.05, 3.63) is 35.9 Å². The highest BCUT2D eigenvalue weighted by molar-refractivity contribution is 7.88. The highest BCUT2D eigenvalue weighted by Crippen LogP contribution is 2.02. The number of sulfonamides is 1. The molecule has 7 heteroatoms. The van der Waals surface area contributed by atoms with E-state index in [4.69, 9.17) is 0 Å². The molecule has 1 amide bonds. The molecule has 0 radical (unpaired) electrons. The van der Waals surface area contributed by atoms with Crippen molar-refractivity contribution in [3.63, 3.8) is 0 Å². The van der Waals surface area contributed by atoms with Crippen molar-refractivity contribution in [2.24, 2.45) is 0 Å². The summed E-state index contributed by atoms with van der Waals surface area (Å²) in [6.07, 6.45) is 2.84. The van der Waals surface area contributed by atoms with Crippen molar-refractivity contribution in [2.75, 3.05) is 46.5 Å². The van der Waals surface area contributed by atoms with Crippen LogP contribution in [0.1, 0.15) is 12.0 Å². The largest absolute Gasteiger partial charge is 0.355 e. The van der Waals surface area contributed by atoms with Gasteiger partial charge in [-0.2, -0.15) is 4.31 Å². The number of aryl methyl sites for hydroxylation is 1. The van der Waals surface area contributed by atoms with Crippen molar-refractivity contribution in [2.45, 2.75) is 12.8 Å². The number of carbonyl (C=O) groups excluding carboxylic acids is 1. The van der Waals surface area contributed by atoms with Crippen molar-refractivity contribution >= 4 is 15.9 Å². The maximum Gasteiger partial charge on any atom is 0.235 e. The third kappa shape index (κ3) is 8.68. The smallest absolute Gasteiger partial charge is 0.235 e. The number of nitrogens with one attached hydrogen (secondary N) is 1. The van der Waals surface area contributed by atoms with E-state index in [0.717, 1.165) is 19.1 Å². The average molecular weight is 341 g/mol. The van der Waals surface area contributed by atoms with Crippen LogP contribution in [0, 0.1) is 0 Å². The standard InChI is InChI=1S/C16H27N3O3S/c1-18(2)12-13-19(23(3,21)22)14-16(20)17-11-7-10-15-8-5-4-6-9-15/h4-6,8-9H,7,10-14H2,1-3H3,(H,17,20). The van der Waals surface area contributed by atoms with Crippen LogP contribution in [0.2, 0.25) is 0 Å². The number of benzene rings is 1. The zero-order chi connectivity index (χ0) is 17.3. The fraction of sp³-hybridized carbons (Fsp3) is 0.562. The summed E-state index contributed by atoms with van der Waals surface area (Å²) >= 11 is 0. The number of nitrogens with zero attached hydrogens (tertiary/aromatic N) is 2. The van der Waals surface area contributed by atoms with Gasteiger partial charge in [-0.3, -0.25) is 4.79 Å². The second kappa shape index (κ2) is 9.64. The first-order valence-corrected chi connectivity index (χ1v) is 9.54. The number of likely N-dealkylation sites (N-methyl/N-ethyl adjacent to an activating group) is 1. The minimum Gasteiger partial charge on any atom is -0.355 e. The summed E-state index contributed by atoms with van der Waals surface area (Å²) in [7, 11) is 0.347. The third-order valence-electron chi connectivity index (χ3n) is 3.39. The molecule has 0 aliphatic carbocycles. The van der Waals surface area contributed by atoms with Gasteiger partial charge in [0.1, 0.15) is 0 Å². The first-order chi connectivity index (χ1) is 10.8. The number of amides is 1. The van der Waals surface area contributed by atoms with E-state index in [0.29, 0.717) is 19.6 Å². The van der Waals surface area contributed by atoms with Crippen LogP contribution in [0.5, 0.6) is 0 Å². The molecule has 23 heavy (non-hydrogen) atoms. The summed E-state index contributed by atoms with van der Waals surface area (Å²) in [4.78, 5) is 13.8. The van der Waals surface area contributed by atoms with Crippen LogP contribution in [0.4, 0.5) is 0 Å². The zero-order valence-corrected chi connectivity index (χ0v) is 15.0. The molecular weight excluding hydrogens is 314 g/mol. The Balaban J connectivity index is 2.34. The summed E-state index contributed by atoms with van der Waals surface area (Å²) in [6.45, 7) is 1.30. The SMILES string of the molecule is CN(C)CCN(CC(=O)NCCCc1ccccc1)S(C)(=O)=O. The summed E-state index contributed by atoms with van der Waals surface area (Å²) in [5.74, 6) is -0.262. The van der Waals surface area contributed by atoms with E-state index >= 15 is 0 Å². The number of hydrogen-bond donors (Lipinski definition) is 1. The second-order valence-corrected chi connectivity index (χ2v) is 7.82. The topological polar surface area (TPSA) is 69.7 Å². The molecule has 0 aliphatic heterocycles. The fourth-order valence-corrected chi connectivity index (χ4v) is 2.82. The van der Waals surface area contributed by atoms with Gasteiger partial charge in [0.25, 0.3) is 0 Å². The molecule has 0 saturated carbocycles. The molecule has 0 unspecified atom stereocenters. The van der Waals surface area contributed by atoms with Gasteiger partial charge in [-0.1, -0.05) is 30.3 Å². The quantitative estimate of drug-likeness (QED) is 0.631. The normalized spacial score (nSPS) is 11.9. The minimum atomic E-state index is -3.38. The lowest BCUT2D eigenvalue weighted by Crippen LogP contribution is -2.43. The Hall–Kier alpha value is -1.44. The molecule has 0 fully saturated rings. The van der Waals surface area contributed by atoms with Crippen molar-refractivity contribution < 1.29 is 13.2 Å². The van der Waals surface area contributed by atoms with E-state index in [-0.39, 0.29) is 12.5 Å². The Labute approximate surface area is 139 Å². The molecule has 0 aromatic heterocycles. The van der Waals surface area contributed by atoms with Gasteiger partial charge in [-0.05, 0) is 32.5 Å². The van der Waals surface area contributed by atoms with Crippen molar-refractivity contribution in [3.8, 4) is 0 Å². The number of hydrogen-bond acceptors (Lipinski definition) is 4. The van der Waals surface area contributed by atoms with E-state index in [9.17, 15) is 13.2 Å². The molecule has 0 aliphatic rings. The highest BCUT2D eigenvalue weighted by atomic mass is 32.2. The molecular formula is C16H27N3O3S. The molecule has 1 rings (SSSR count). The highest BCUT2D eigenvalue weighted by Gasteiger charge is 2.19. The van der Waals surface area contributed by atoms with Crippen molar-refractivity contribution in [1.29, 1.82) is 0 Å². The molecule has 0 bridgehead atoms. The lowest BCUT2D eigenvalue weighted by Gasteiger charge is -2.21. The first kappa shape index (κ1) is 19.6. The van der Waals surface area contributed by atoms with Crippen LogP contribution >= 0.6 is 0 Å². The van der Waals surface area contributed by atoms with Gasteiger partial charge in [0.15, 0.2) is 0 Å². The average Bonchev–Trinajstić information content (AvgIpc) is 2.47. The Morgan fingerprint density at radius 1 is 1.13 bits per heavy atom. The molecule has 0 spiro atoms. The summed E-state index contributed by atoms with van der Waals surface area (Å²) < 4.78 is 24.7. The van der Waals surface area contributed by atoms with Gasteiger partial charge in [-0.25, -0.2) is 8.42 Å². The molecule has 1 N–H and O–H groups in total. The molecule has 0 atom stereocenters. The van der Waals surface area contributed by atoms with Gasteiger partial charge in [0.05, 0.1) is 12.8 Å². The summed E-state index contributed by atoms with van der Waals surface area (Å²) in [5.41, 5.74) is 1.23. The molecule has 1 aromatic carbocycles. The lowest BCUT2D eigenvalue weighted by molar-refractivity contribution is -0.121. The van der Waals surface area contributed by atoms with E-state index in [1.807, 2.05) is 37.2 Å². The van der Waals surface area contributed by atoms with E-state index in [1.165, 1.54) is 9.87 Å². The van der Waals surface area contributed by atoms with Crippen LogP contribution < -0.4 is 5.32 Å². The first-order valence-electron chi connectivity index (χ1n) is 7.69. The van der Waals surface area contributed by atoms with Crippen LogP contribution in [0.15, 0.2) is 30.3 Å². The Bertz CT molecular complexity index is 573. The molecule has 0 heterocycles. The number of rotatable bonds is 10. The Kier molecular flexibility index (Phi) is 8.22. The van der Waals surface area contributed by atoms with Gasteiger partial charge in [0, 0.05) is 19.6 Å². The van der Waals surface area contributed by atoms with Gasteiger partial charge < -0.3 is 10.2 Å². The molecule has 0 saturated heterocycles. The van der Waals surface area contributed by atoms with E-state index in [2.05, 4.69) is 17.4 Å². The molecule has 6 nitrogen and oxygen atoms in total. The molecule has 1 aromatic rings. The van der Waals surface area contributed by atoms with Crippen LogP contribution in [-0.2, 0) is 21.2 Å². The van der Waals surface area contributed by atoms with Gasteiger partial charge >= 0.3 is 0 Å². The van der Waals surface area contributed by atoms with Gasteiger partial charge in [0.2, 0.25) is 15.9 Å². The Morgan fingerprint density at radius 3 is 2.35 bits per heavy atom. The summed E-state index contributed by atoms with van der Waals surface area (Å²) in [5, 5.41) is 2.78. The zero-order valence-electron chi connectivity index (χ0n) is 14.2. The van der Waals surface area contributed by atoms with E-state index < -0.39 is 10.0 Å². The fourth-order valence-electron chi connectivity index (χ4n) is 2.05. The molecule has 130 valence electrons. The van der Waals surface area contributed by atoms with Crippen LogP contribution in [0.25, 0.3) is 0 Å². The maximum absolute atomic E-state index is 11.9. The predicted molar refractivity (Wildman–Crippen MR) is 92.7 cm³/mol. The van der Waals surface area contributed by atoms with Crippen LogP contribution in [0.3, 0.4) is 0 Å². The maximum atomic E-state index is 11.9. The monoisotopic (exact) mass is 341 g/mol. The minimum absolute atomic E-state index is 0.127. The number of carbonyl (C=O) groups is 1. The third-order valence-corrected chi connectivity index (χ3v) is 4.64. The van der Waals surface area contributed by atoms with Gasteiger partial charge in [-0.15, -0.1) is 0 Å². The predicted octanol–water partition coefficient (Wildman–Crippen LogP) is 0.559. The van der Waals surface area contributed by atoms with Crippen LogP contribution in [-0.4, -0.2) is 70.1 Å².